The molecule has 1 N–H and O–H groups in total. The number of hydrogen-bond acceptors (Lipinski definition) is 6. The van der Waals surface area contributed by atoms with Gasteiger partial charge in [0.2, 0.25) is 0 Å². The fourth-order valence-electron chi connectivity index (χ4n) is 0.966. The molecule has 0 aliphatic rings. The van der Waals surface area contributed by atoms with Crippen molar-refractivity contribution in [1.82, 2.24) is 5.43 Å². The number of carbonyl (C=O) groups is 1. The van der Waals surface area contributed by atoms with Crippen molar-refractivity contribution < 1.29 is 23.7 Å². The average molecular weight is 262 g/mol. The summed E-state index contributed by atoms with van der Waals surface area (Å²) < 4.78 is 20.0. The van der Waals surface area contributed by atoms with Crippen LogP contribution in [0, 0.1) is 0 Å². The Hall–Kier alpha value is -1.25. The Labute approximate surface area is 106 Å². The van der Waals surface area contributed by atoms with Crippen LogP contribution >= 0.6 is 0 Å². The van der Waals surface area contributed by atoms with Crippen molar-refractivity contribution in [3.05, 3.63) is 5.53 Å². The Morgan fingerprint density at radius 2 is 1.72 bits per heavy atom. The highest BCUT2D eigenvalue weighted by atomic mass is 16.6. The summed E-state index contributed by atoms with van der Waals surface area (Å²) in [6.07, 6.45) is 0. The van der Waals surface area contributed by atoms with Gasteiger partial charge in [0.05, 0.1) is 33.0 Å². The monoisotopic (exact) mass is 262 g/mol. The molecule has 0 unspecified atom stereocenters. The minimum absolute atomic E-state index is 0.0516. The number of nitrogens with one attached hydrogen (secondary N) is 1. The number of esters is 1. The standard InChI is InChI=1S/C10H20N3O5/c1-2-18-10(14)9-17-8-7-16-6-5-15-4-3-12-13-11/h2-9H2,1H3,(H-,11,12)/q-1. The molecule has 0 saturated carbocycles. The molecule has 0 fully saturated rings. The zero-order valence-electron chi connectivity index (χ0n) is 10.6. The number of nitrogens with zero attached hydrogens (tertiary/aromatic N) is 2. The molecular weight excluding hydrogens is 242 g/mol. The van der Waals surface area contributed by atoms with Crippen molar-refractivity contribution in [3.8, 4) is 0 Å². The molecule has 0 saturated heterocycles. The van der Waals surface area contributed by atoms with E-state index in [0.717, 1.165) is 0 Å². The first-order valence-electron chi connectivity index (χ1n) is 5.77. The summed E-state index contributed by atoms with van der Waals surface area (Å²) in [4.78, 5) is 10.9. The first-order valence-corrected chi connectivity index (χ1v) is 5.77. The Morgan fingerprint density at radius 3 is 2.33 bits per heavy atom. The van der Waals surface area contributed by atoms with Gasteiger partial charge in [-0.2, -0.15) is 0 Å². The van der Waals surface area contributed by atoms with Crippen LogP contribution < -0.4 is 5.43 Å². The number of carbonyl (C=O) groups excluding carboxylic acids is 1. The van der Waals surface area contributed by atoms with Gasteiger partial charge in [0.15, 0.2) is 0 Å². The zero-order valence-corrected chi connectivity index (χ0v) is 10.6. The third kappa shape index (κ3) is 12.8. The fourth-order valence-corrected chi connectivity index (χ4v) is 0.966. The lowest BCUT2D eigenvalue weighted by Gasteiger charge is -2.07. The fraction of sp³-hybridized carbons (Fsp3) is 0.900. The summed E-state index contributed by atoms with van der Waals surface area (Å²) in [7, 11) is 0. The van der Waals surface area contributed by atoms with Crippen LogP contribution in [-0.4, -0.2) is 58.8 Å². The quantitative estimate of drug-likeness (QED) is 0.219. The molecule has 0 aromatic heterocycles. The second kappa shape index (κ2) is 13.8. The first kappa shape index (κ1) is 16.8. The van der Waals surface area contributed by atoms with Crippen molar-refractivity contribution in [3.63, 3.8) is 0 Å². The number of ether oxygens (including phenoxy) is 4. The topological polar surface area (TPSA) is 101 Å². The van der Waals surface area contributed by atoms with Crippen LogP contribution in [0.5, 0.6) is 0 Å². The van der Waals surface area contributed by atoms with Crippen molar-refractivity contribution in [2.75, 3.05) is 52.8 Å². The van der Waals surface area contributed by atoms with Gasteiger partial charge < -0.3 is 29.9 Å². The smallest absolute Gasteiger partial charge is 0.332 e. The predicted molar refractivity (Wildman–Crippen MR) is 62.9 cm³/mol. The van der Waals surface area contributed by atoms with E-state index in [-0.39, 0.29) is 12.6 Å². The summed E-state index contributed by atoms with van der Waals surface area (Å²) in [6, 6.07) is 0. The highest BCUT2D eigenvalue weighted by molar-refractivity contribution is 5.70. The summed E-state index contributed by atoms with van der Waals surface area (Å²) in [5, 5.41) is 2.72. The SMILES string of the molecule is CCOC(=O)COCCOCCOCCNN=[N-]. The van der Waals surface area contributed by atoms with Crippen LogP contribution in [0.3, 0.4) is 0 Å². The van der Waals surface area contributed by atoms with Crippen molar-refractivity contribution >= 4 is 5.97 Å². The normalized spacial score (nSPS) is 10.1. The number of hydrogen-bond donors (Lipinski definition) is 1. The molecule has 18 heavy (non-hydrogen) atoms. The van der Waals surface area contributed by atoms with E-state index in [1.807, 2.05) is 0 Å². The van der Waals surface area contributed by atoms with E-state index in [9.17, 15) is 4.79 Å². The van der Waals surface area contributed by atoms with Gasteiger partial charge in [-0.25, -0.2) is 4.79 Å². The van der Waals surface area contributed by atoms with Gasteiger partial charge in [-0.05, 0) is 13.5 Å². The maximum absolute atomic E-state index is 10.9. The highest BCUT2D eigenvalue weighted by Gasteiger charge is 2.00. The lowest BCUT2D eigenvalue weighted by atomic mass is 10.6. The molecule has 106 valence electrons. The molecule has 8 heteroatoms. The lowest BCUT2D eigenvalue weighted by Crippen LogP contribution is -2.17. The second-order valence-corrected chi connectivity index (χ2v) is 3.09. The minimum Gasteiger partial charge on any atom is -0.464 e. The molecule has 0 radical (unpaired) electrons. The molecule has 0 aromatic carbocycles. The summed E-state index contributed by atoms with van der Waals surface area (Å²) in [5.74, 6) is -0.373. The molecule has 0 aliphatic carbocycles. The van der Waals surface area contributed by atoms with Gasteiger partial charge in [-0.15, -0.1) is 0 Å². The lowest BCUT2D eigenvalue weighted by molar-refractivity contribution is -0.148. The summed E-state index contributed by atoms with van der Waals surface area (Å²) in [5.41, 5.74) is 10.4. The van der Waals surface area contributed by atoms with Gasteiger partial charge in [0.1, 0.15) is 6.61 Å². The van der Waals surface area contributed by atoms with Crippen molar-refractivity contribution in [2.45, 2.75) is 6.92 Å². The van der Waals surface area contributed by atoms with E-state index in [2.05, 4.69) is 15.4 Å². The van der Waals surface area contributed by atoms with Gasteiger partial charge >= 0.3 is 5.97 Å². The van der Waals surface area contributed by atoms with Crippen LogP contribution in [0.15, 0.2) is 5.22 Å². The van der Waals surface area contributed by atoms with Crippen LogP contribution in [-0.2, 0) is 23.7 Å². The van der Waals surface area contributed by atoms with Crippen LogP contribution in [0.4, 0.5) is 0 Å². The summed E-state index contributed by atoms with van der Waals surface area (Å²) in [6.45, 7) is 4.55. The molecule has 0 heterocycles. The Kier molecular flexibility index (Phi) is 12.9. The van der Waals surface area contributed by atoms with Gasteiger partial charge in [-0.1, -0.05) is 0 Å². The highest BCUT2D eigenvalue weighted by Crippen LogP contribution is 1.83. The van der Waals surface area contributed by atoms with E-state index < -0.39 is 0 Å². The Bertz CT molecular complexity index is 216. The average Bonchev–Trinajstić information content (AvgIpc) is 2.36. The van der Waals surface area contributed by atoms with Crippen LogP contribution in [0.1, 0.15) is 6.92 Å². The first-order chi connectivity index (χ1) is 8.81. The molecule has 0 spiro atoms. The molecule has 0 aromatic rings. The molecule has 0 aliphatic heterocycles. The van der Waals surface area contributed by atoms with E-state index in [1.54, 1.807) is 6.92 Å². The second-order valence-electron chi connectivity index (χ2n) is 3.09. The predicted octanol–water partition coefficient (Wildman–Crippen LogP) is 0.126. The Morgan fingerprint density at radius 1 is 1.11 bits per heavy atom. The molecule has 0 bridgehead atoms. The van der Waals surface area contributed by atoms with Crippen molar-refractivity contribution in [1.29, 1.82) is 0 Å². The zero-order chi connectivity index (χ0) is 13.5. The molecule has 8 nitrogen and oxygen atoms in total. The van der Waals surface area contributed by atoms with E-state index in [4.69, 9.17) is 19.7 Å². The number of rotatable bonds is 13. The van der Waals surface area contributed by atoms with Crippen LogP contribution in [0.25, 0.3) is 5.53 Å². The van der Waals surface area contributed by atoms with Crippen molar-refractivity contribution in [2.24, 2.45) is 5.22 Å². The maximum Gasteiger partial charge on any atom is 0.332 e. The van der Waals surface area contributed by atoms with Gasteiger partial charge in [0.25, 0.3) is 0 Å². The molecule has 0 atom stereocenters. The largest absolute Gasteiger partial charge is 0.464 e. The van der Waals surface area contributed by atoms with Crippen LogP contribution in [0.2, 0.25) is 0 Å². The van der Waals surface area contributed by atoms with E-state index in [1.165, 1.54) is 0 Å². The molecule has 0 rings (SSSR count). The van der Waals surface area contributed by atoms with E-state index in [0.29, 0.717) is 46.2 Å². The van der Waals surface area contributed by atoms with E-state index >= 15 is 0 Å². The van der Waals surface area contributed by atoms with Gasteiger partial charge in [-0.3, -0.25) is 5.22 Å². The molecule has 0 amide bonds. The summed E-state index contributed by atoms with van der Waals surface area (Å²) >= 11 is 0. The third-order valence-electron chi connectivity index (χ3n) is 1.70. The minimum atomic E-state index is -0.373. The maximum atomic E-state index is 10.9. The third-order valence-corrected chi connectivity index (χ3v) is 1.70. The molecular formula is C10H20N3O5-. The van der Waals surface area contributed by atoms with Gasteiger partial charge in [0, 0.05) is 6.61 Å². The Balaban J connectivity index is 3.03.